The van der Waals surface area contributed by atoms with Crippen molar-refractivity contribution in [1.82, 2.24) is 5.32 Å². The van der Waals surface area contributed by atoms with Crippen LogP contribution in [0.5, 0.6) is 0 Å². The summed E-state index contributed by atoms with van der Waals surface area (Å²) in [4.78, 5) is 11.2. The second-order valence-corrected chi connectivity index (χ2v) is 4.27. The van der Waals surface area contributed by atoms with Gasteiger partial charge >= 0.3 is 0 Å². The molecule has 0 heterocycles. The van der Waals surface area contributed by atoms with Gasteiger partial charge in [0.15, 0.2) is 0 Å². The van der Waals surface area contributed by atoms with Crippen molar-refractivity contribution in [2.75, 3.05) is 20.3 Å². The highest BCUT2D eigenvalue weighted by Gasteiger charge is 2.31. The average molecular weight is 199 g/mol. The van der Waals surface area contributed by atoms with E-state index in [9.17, 15) is 4.79 Å². The fourth-order valence-corrected chi connectivity index (χ4v) is 2.25. The van der Waals surface area contributed by atoms with Crippen molar-refractivity contribution in [3.05, 3.63) is 0 Å². The van der Waals surface area contributed by atoms with Crippen LogP contribution in [0.25, 0.3) is 0 Å². The van der Waals surface area contributed by atoms with Gasteiger partial charge in [-0.2, -0.15) is 0 Å². The summed E-state index contributed by atoms with van der Waals surface area (Å²) in [7, 11) is 1.55. The highest BCUT2D eigenvalue weighted by Crippen LogP contribution is 2.40. The lowest BCUT2D eigenvalue weighted by Gasteiger charge is -2.27. The van der Waals surface area contributed by atoms with Crippen molar-refractivity contribution in [3.8, 4) is 0 Å². The van der Waals surface area contributed by atoms with E-state index in [2.05, 4.69) is 12.2 Å². The molecule has 0 saturated heterocycles. The molecule has 14 heavy (non-hydrogen) atoms. The van der Waals surface area contributed by atoms with Crippen LogP contribution < -0.4 is 5.32 Å². The van der Waals surface area contributed by atoms with E-state index in [1.165, 1.54) is 32.1 Å². The molecule has 3 heteroatoms. The zero-order chi connectivity index (χ0) is 10.4. The molecule has 1 amide bonds. The smallest absolute Gasteiger partial charge is 0.246 e. The van der Waals surface area contributed by atoms with E-state index >= 15 is 0 Å². The Morgan fingerprint density at radius 1 is 1.43 bits per heavy atom. The predicted molar refractivity (Wildman–Crippen MR) is 56.1 cm³/mol. The summed E-state index contributed by atoms with van der Waals surface area (Å²) >= 11 is 0. The molecule has 0 unspecified atom stereocenters. The van der Waals surface area contributed by atoms with Gasteiger partial charge in [0, 0.05) is 13.7 Å². The summed E-state index contributed by atoms with van der Waals surface area (Å²) in [6.07, 6.45) is 6.32. The van der Waals surface area contributed by atoms with Crippen molar-refractivity contribution in [2.45, 2.75) is 39.0 Å². The van der Waals surface area contributed by atoms with E-state index in [1.807, 2.05) is 0 Å². The van der Waals surface area contributed by atoms with Crippen molar-refractivity contribution in [3.63, 3.8) is 0 Å². The fraction of sp³-hybridized carbons (Fsp3) is 0.909. The largest absolute Gasteiger partial charge is 0.375 e. The van der Waals surface area contributed by atoms with Crippen LogP contribution in [0, 0.1) is 5.41 Å². The van der Waals surface area contributed by atoms with E-state index in [1.54, 1.807) is 7.11 Å². The van der Waals surface area contributed by atoms with Crippen molar-refractivity contribution in [2.24, 2.45) is 5.41 Å². The minimum atomic E-state index is 0.00669. The predicted octanol–water partition coefficient (Wildman–Crippen LogP) is 1.72. The van der Waals surface area contributed by atoms with Gasteiger partial charge in [0.25, 0.3) is 0 Å². The Bertz CT molecular complexity index is 186. The van der Waals surface area contributed by atoms with E-state index < -0.39 is 0 Å². The van der Waals surface area contributed by atoms with Crippen molar-refractivity contribution < 1.29 is 9.53 Å². The first kappa shape index (κ1) is 11.5. The van der Waals surface area contributed by atoms with Crippen LogP contribution in [0.3, 0.4) is 0 Å². The monoisotopic (exact) mass is 199 g/mol. The maximum Gasteiger partial charge on any atom is 0.246 e. The second kappa shape index (κ2) is 5.35. The lowest BCUT2D eigenvalue weighted by molar-refractivity contribution is -0.125. The van der Waals surface area contributed by atoms with Gasteiger partial charge in [-0.15, -0.1) is 0 Å². The number of hydrogen-bond donors (Lipinski definition) is 1. The van der Waals surface area contributed by atoms with Gasteiger partial charge in [0.1, 0.15) is 6.61 Å². The van der Waals surface area contributed by atoms with E-state index in [-0.39, 0.29) is 12.5 Å². The molecule has 0 spiro atoms. The molecule has 0 aromatic carbocycles. The number of carbonyl (C=O) groups excluding carboxylic acids is 1. The molecule has 0 aliphatic heterocycles. The molecule has 1 saturated carbocycles. The zero-order valence-electron chi connectivity index (χ0n) is 9.27. The van der Waals surface area contributed by atoms with E-state index in [0.717, 1.165) is 6.54 Å². The number of nitrogens with one attached hydrogen (secondary N) is 1. The van der Waals surface area contributed by atoms with Crippen molar-refractivity contribution in [1.29, 1.82) is 0 Å². The highest BCUT2D eigenvalue weighted by atomic mass is 16.5. The highest BCUT2D eigenvalue weighted by molar-refractivity contribution is 5.77. The van der Waals surface area contributed by atoms with Crippen LogP contribution in [-0.4, -0.2) is 26.2 Å². The number of ether oxygens (including phenoxy) is 1. The number of amides is 1. The molecule has 1 fully saturated rings. The van der Waals surface area contributed by atoms with Crippen LogP contribution in [0.1, 0.15) is 39.0 Å². The van der Waals surface area contributed by atoms with Crippen LogP contribution >= 0.6 is 0 Å². The van der Waals surface area contributed by atoms with Gasteiger partial charge in [-0.25, -0.2) is 0 Å². The maximum absolute atomic E-state index is 11.2. The summed E-state index contributed by atoms with van der Waals surface area (Å²) in [6, 6.07) is 0. The van der Waals surface area contributed by atoms with E-state index in [4.69, 9.17) is 4.74 Å². The summed E-state index contributed by atoms with van der Waals surface area (Å²) in [5.74, 6) is 0.00669. The molecule has 0 aromatic heterocycles. The van der Waals surface area contributed by atoms with Gasteiger partial charge < -0.3 is 10.1 Å². The van der Waals surface area contributed by atoms with Crippen LogP contribution in [-0.2, 0) is 9.53 Å². The molecule has 82 valence electrons. The molecule has 1 aliphatic rings. The molecular weight excluding hydrogens is 178 g/mol. The Labute approximate surface area is 86.2 Å². The topological polar surface area (TPSA) is 38.3 Å². The third-order valence-electron chi connectivity index (χ3n) is 3.35. The van der Waals surface area contributed by atoms with Gasteiger partial charge in [0.2, 0.25) is 5.91 Å². The summed E-state index contributed by atoms with van der Waals surface area (Å²) in [5, 5.41) is 2.95. The first-order valence-electron chi connectivity index (χ1n) is 5.48. The molecule has 1 aliphatic carbocycles. The van der Waals surface area contributed by atoms with Gasteiger partial charge in [-0.1, -0.05) is 19.8 Å². The summed E-state index contributed by atoms with van der Waals surface area (Å²) < 4.78 is 4.77. The molecule has 0 atom stereocenters. The number of methoxy groups -OCH3 is 1. The first-order chi connectivity index (χ1) is 6.72. The molecular formula is C11H21NO2. The number of hydrogen-bond acceptors (Lipinski definition) is 2. The zero-order valence-corrected chi connectivity index (χ0v) is 9.27. The second-order valence-electron chi connectivity index (χ2n) is 4.27. The average Bonchev–Trinajstić information content (AvgIpc) is 2.65. The lowest BCUT2D eigenvalue weighted by atomic mass is 9.83. The van der Waals surface area contributed by atoms with Gasteiger partial charge in [0.05, 0.1) is 0 Å². The quantitative estimate of drug-likeness (QED) is 0.732. The molecule has 1 rings (SSSR count). The van der Waals surface area contributed by atoms with Crippen LogP contribution in [0.2, 0.25) is 0 Å². The SMILES string of the molecule is CCC1(CNC(=O)COC)CCCC1. The Morgan fingerprint density at radius 2 is 2.07 bits per heavy atom. The lowest BCUT2D eigenvalue weighted by Crippen LogP contribution is -2.37. The minimum Gasteiger partial charge on any atom is -0.375 e. The Morgan fingerprint density at radius 3 is 2.57 bits per heavy atom. The Hall–Kier alpha value is -0.570. The summed E-state index contributed by atoms with van der Waals surface area (Å²) in [5.41, 5.74) is 0.378. The third-order valence-corrected chi connectivity index (χ3v) is 3.35. The molecule has 3 nitrogen and oxygen atoms in total. The van der Waals surface area contributed by atoms with Crippen LogP contribution in [0.4, 0.5) is 0 Å². The Balaban J connectivity index is 2.30. The molecule has 0 aromatic rings. The van der Waals surface area contributed by atoms with Crippen LogP contribution in [0.15, 0.2) is 0 Å². The minimum absolute atomic E-state index is 0.00669. The molecule has 1 N–H and O–H groups in total. The Kier molecular flexibility index (Phi) is 4.39. The standard InChI is InChI=1S/C11H21NO2/c1-3-11(6-4-5-7-11)9-12-10(13)8-14-2/h3-9H2,1-2H3,(H,12,13). The number of carbonyl (C=O) groups is 1. The normalized spacial score (nSPS) is 19.6. The fourth-order valence-electron chi connectivity index (χ4n) is 2.25. The third kappa shape index (κ3) is 2.98. The summed E-state index contributed by atoms with van der Waals surface area (Å²) in [6.45, 7) is 3.22. The van der Waals surface area contributed by atoms with E-state index in [0.29, 0.717) is 5.41 Å². The maximum atomic E-state index is 11.2. The van der Waals surface area contributed by atoms with Gasteiger partial charge in [-0.05, 0) is 24.7 Å². The van der Waals surface area contributed by atoms with Gasteiger partial charge in [-0.3, -0.25) is 4.79 Å². The van der Waals surface area contributed by atoms with Crippen molar-refractivity contribution >= 4 is 5.91 Å². The molecule has 0 radical (unpaired) electrons. The first-order valence-corrected chi connectivity index (χ1v) is 5.48. The number of rotatable bonds is 5. The molecule has 0 bridgehead atoms.